The average Bonchev–Trinajstić information content (AvgIpc) is 1.89. The summed E-state index contributed by atoms with van der Waals surface area (Å²) >= 11 is 0. The molecule has 4 N–H and O–H groups in total. The molecule has 0 spiro atoms. The van der Waals surface area contributed by atoms with E-state index in [1.54, 1.807) is 24.3 Å². The van der Waals surface area contributed by atoms with Crippen LogP contribution in [0.1, 0.15) is 0 Å². The third kappa shape index (κ3) is 1.79. The molecule has 0 heterocycles. The molecular formula is C6H9ClN2O. The number of nitrogen functional groups attached to an aromatic ring is 1. The first-order valence-electron chi connectivity index (χ1n) is 2.59. The van der Waals surface area contributed by atoms with Crippen LogP contribution in [0.2, 0.25) is 0 Å². The first-order chi connectivity index (χ1) is 4.34. The molecule has 0 aliphatic heterocycles. The van der Waals surface area contributed by atoms with Crippen molar-refractivity contribution in [3.8, 4) is 5.75 Å². The summed E-state index contributed by atoms with van der Waals surface area (Å²) in [6.07, 6.45) is 0. The van der Waals surface area contributed by atoms with Gasteiger partial charge in [-0.15, -0.1) is 12.4 Å². The number of benzene rings is 1. The summed E-state index contributed by atoms with van der Waals surface area (Å²) in [7, 11) is 0. The summed E-state index contributed by atoms with van der Waals surface area (Å²) < 4.78 is 0. The Morgan fingerprint density at radius 2 is 1.90 bits per heavy atom. The lowest BCUT2D eigenvalue weighted by molar-refractivity contribution is 0.477. The molecule has 10 heavy (non-hydrogen) atoms. The number of nitrogens with two attached hydrogens (primary N) is 1. The van der Waals surface area contributed by atoms with Gasteiger partial charge in [0.15, 0.2) is 0 Å². The van der Waals surface area contributed by atoms with Crippen molar-refractivity contribution in [2.75, 3.05) is 5.43 Å². The van der Waals surface area contributed by atoms with Crippen LogP contribution >= 0.6 is 12.4 Å². The van der Waals surface area contributed by atoms with Crippen LogP contribution in [0.15, 0.2) is 24.3 Å². The molecule has 1 aromatic carbocycles. The van der Waals surface area contributed by atoms with E-state index < -0.39 is 0 Å². The minimum absolute atomic E-state index is 0. The molecule has 56 valence electrons. The van der Waals surface area contributed by atoms with Crippen LogP contribution in [0.25, 0.3) is 0 Å². The number of halogens is 1. The SMILES string of the molecule is Cl.NNc1ccccc1O. The van der Waals surface area contributed by atoms with Gasteiger partial charge in [0.25, 0.3) is 0 Å². The van der Waals surface area contributed by atoms with E-state index in [-0.39, 0.29) is 18.2 Å². The Balaban J connectivity index is 0.000000810. The van der Waals surface area contributed by atoms with Crippen LogP contribution in [0.3, 0.4) is 0 Å². The van der Waals surface area contributed by atoms with Crippen LogP contribution in [0.5, 0.6) is 5.75 Å². The Bertz CT molecular complexity index is 205. The fourth-order valence-electron chi connectivity index (χ4n) is 0.596. The number of nitrogens with one attached hydrogen (secondary N) is 1. The van der Waals surface area contributed by atoms with Crippen molar-refractivity contribution in [2.45, 2.75) is 0 Å². The van der Waals surface area contributed by atoms with E-state index in [0.717, 1.165) is 0 Å². The zero-order valence-corrected chi connectivity index (χ0v) is 6.06. The Morgan fingerprint density at radius 1 is 1.30 bits per heavy atom. The van der Waals surface area contributed by atoms with Crippen molar-refractivity contribution in [2.24, 2.45) is 5.84 Å². The number of hydrogen-bond acceptors (Lipinski definition) is 3. The van der Waals surface area contributed by atoms with E-state index in [0.29, 0.717) is 5.69 Å². The third-order valence-corrected chi connectivity index (χ3v) is 1.06. The Hall–Kier alpha value is -0.930. The normalized spacial score (nSPS) is 8.10. The topological polar surface area (TPSA) is 58.3 Å². The van der Waals surface area contributed by atoms with Gasteiger partial charge < -0.3 is 10.5 Å². The fourth-order valence-corrected chi connectivity index (χ4v) is 0.596. The number of phenolic OH excluding ortho intramolecular Hbond substituents is 1. The van der Waals surface area contributed by atoms with Crippen molar-refractivity contribution < 1.29 is 5.11 Å². The highest BCUT2D eigenvalue weighted by Crippen LogP contribution is 2.19. The minimum Gasteiger partial charge on any atom is -0.506 e. The third-order valence-electron chi connectivity index (χ3n) is 1.06. The van der Waals surface area contributed by atoms with Gasteiger partial charge in [0.1, 0.15) is 5.75 Å². The summed E-state index contributed by atoms with van der Waals surface area (Å²) in [6, 6.07) is 6.77. The van der Waals surface area contributed by atoms with E-state index in [4.69, 9.17) is 10.9 Å². The lowest BCUT2D eigenvalue weighted by Gasteiger charge is -1.99. The molecular weight excluding hydrogens is 152 g/mol. The van der Waals surface area contributed by atoms with E-state index in [1.165, 1.54) is 0 Å². The number of hydrazine groups is 1. The van der Waals surface area contributed by atoms with E-state index in [9.17, 15) is 0 Å². The summed E-state index contributed by atoms with van der Waals surface area (Å²) in [5.41, 5.74) is 2.88. The fraction of sp³-hybridized carbons (Fsp3) is 0. The zero-order valence-electron chi connectivity index (χ0n) is 5.24. The van der Waals surface area contributed by atoms with Gasteiger partial charge in [-0.1, -0.05) is 12.1 Å². The van der Waals surface area contributed by atoms with Crippen LogP contribution in [0.4, 0.5) is 5.69 Å². The molecule has 0 aliphatic rings. The van der Waals surface area contributed by atoms with E-state index in [1.807, 2.05) is 0 Å². The number of aromatic hydroxyl groups is 1. The summed E-state index contributed by atoms with van der Waals surface area (Å²) in [4.78, 5) is 0. The maximum Gasteiger partial charge on any atom is 0.139 e. The predicted molar refractivity (Wildman–Crippen MR) is 43.2 cm³/mol. The lowest BCUT2D eigenvalue weighted by atomic mass is 10.3. The molecule has 0 saturated heterocycles. The van der Waals surface area contributed by atoms with Crippen LogP contribution in [-0.2, 0) is 0 Å². The molecule has 4 heteroatoms. The molecule has 0 aromatic heterocycles. The quantitative estimate of drug-likeness (QED) is 0.328. The number of rotatable bonds is 1. The summed E-state index contributed by atoms with van der Waals surface area (Å²) in [6.45, 7) is 0. The highest BCUT2D eigenvalue weighted by Gasteiger charge is 1.92. The summed E-state index contributed by atoms with van der Waals surface area (Å²) in [5, 5.41) is 8.97. The lowest BCUT2D eigenvalue weighted by Crippen LogP contribution is -2.06. The maximum absolute atomic E-state index is 8.97. The van der Waals surface area contributed by atoms with Crippen LogP contribution < -0.4 is 11.3 Å². The van der Waals surface area contributed by atoms with Crippen molar-refractivity contribution >= 4 is 18.1 Å². The molecule has 0 aliphatic carbocycles. The Morgan fingerprint density at radius 3 is 2.30 bits per heavy atom. The minimum atomic E-state index is 0. The molecule has 3 nitrogen and oxygen atoms in total. The Labute approximate surface area is 65.2 Å². The molecule has 0 amide bonds. The first-order valence-corrected chi connectivity index (χ1v) is 2.59. The molecule has 1 aromatic rings. The highest BCUT2D eigenvalue weighted by molar-refractivity contribution is 5.85. The van der Waals surface area contributed by atoms with Crippen molar-refractivity contribution in [3.63, 3.8) is 0 Å². The molecule has 0 bridgehead atoms. The summed E-state index contributed by atoms with van der Waals surface area (Å²) in [5.74, 6) is 5.21. The highest BCUT2D eigenvalue weighted by atomic mass is 35.5. The second kappa shape index (κ2) is 3.98. The van der Waals surface area contributed by atoms with Crippen LogP contribution in [-0.4, -0.2) is 5.11 Å². The predicted octanol–water partition coefficient (Wildman–Crippen LogP) is 1.10. The number of phenols is 1. The van der Waals surface area contributed by atoms with Crippen molar-refractivity contribution in [1.29, 1.82) is 0 Å². The van der Waals surface area contributed by atoms with E-state index in [2.05, 4.69) is 5.43 Å². The van der Waals surface area contributed by atoms with Crippen LogP contribution in [0, 0.1) is 0 Å². The van der Waals surface area contributed by atoms with Gasteiger partial charge in [-0.25, -0.2) is 0 Å². The van der Waals surface area contributed by atoms with Gasteiger partial charge in [0, 0.05) is 0 Å². The van der Waals surface area contributed by atoms with E-state index >= 15 is 0 Å². The average molecular weight is 161 g/mol. The molecule has 0 radical (unpaired) electrons. The Kier molecular flexibility index (Phi) is 3.61. The molecule has 0 unspecified atom stereocenters. The zero-order chi connectivity index (χ0) is 6.69. The van der Waals surface area contributed by atoms with Gasteiger partial charge in [-0.2, -0.15) is 0 Å². The van der Waals surface area contributed by atoms with Gasteiger partial charge >= 0.3 is 0 Å². The standard InChI is InChI=1S/C6H8N2O.ClH/c7-8-5-3-1-2-4-6(5)9;/h1-4,8-9H,7H2;1H. The largest absolute Gasteiger partial charge is 0.506 e. The van der Waals surface area contributed by atoms with Gasteiger partial charge in [-0.05, 0) is 12.1 Å². The number of anilines is 1. The maximum atomic E-state index is 8.97. The molecule has 0 atom stereocenters. The number of hydrogen-bond donors (Lipinski definition) is 3. The van der Waals surface area contributed by atoms with Crippen molar-refractivity contribution in [1.82, 2.24) is 0 Å². The monoisotopic (exact) mass is 160 g/mol. The van der Waals surface area contributed by atoms with Gasteiger partial charge in [0.2, 0.25) is 0 Å². The second-order valence-corrected chi connectivity index (χ2v) is 1.66. The van der Waals surface area contributed by atoms with Crippen molar-refractivity contribution in [3.05, 3.63) is 24.3 Å². The van der Waals surface area contributed by atoms with Gasteiger partial charge in [0.05, 0.1) is 5.69 Å². The number of para-hydroxylation sites is 2. The van der Waals surface area contributed by atoms with Gasteiger partial charge in [-0.3, -0.25) is 5.84 Å². The molecule has 0 fully saturated rings. The second-order valence-electron chi connectivity index (χ2n) is 1.66. The molecule has 1 rings (SSSR count). The smallest absolute Gasteiger partial charge is 0.139 e. The molecule has 0 saturated carbocycles. The first kappa shape index (κ1) is 9.07.